The van der Waals surface area contributed by atoms with Crippen LogP contribution in [0, 0.1) is 18.8 Å². The van der Waals surface area contributed by atoms with Crippen LogP contribution in [0.5, 0.6) is 0 Å². The van der Waals surface area contributed by atoms with E-state index >= 15 is 0 Å². The van der Waals surface area contributed by atoms with Gasteiger partial charge >= 0.3 is 0 Å². The van der Waals surface area contributed by atoms with Crippen molar-refractivity contribution >= 4 is 5.78 Å². The SMILES string of the molecule is Cc1ccccc1CC(=O)C(C)C(C)C. The Morgan fingerprint density at radius 1 is 1.20 bits per heavy atom. The molecule has 0 radical (unpaired) electrons. The van der Waals surface area contributed by atoms with Crippen molar-refractivity contribution in [2.24, 2.45) is 11.8 Å². The van der Waals surface area contributed by atoms with Gasteiger partial charge in [0.1, 0.15) is 5.78 Å². The van der Waals surface area contributed by atoms with Crippen molar-refractivity contribution in [1.82, 2.24) is 0 Å². The van der Waals surface area contributed by atoms with Crippen LogP contribution in [0.25, 0.3) is 0 Å². The van der Waals surface area contributed by atoms with Gasteiger partial charge in [-0.05, 0) is 24.0 Å². The highest BCUT2D eigenvalue weighted by molar-refractivity contribution is 5.83. The van der Waals surface area contributed by atoms with Crippen molar-refractivity contribution < 1.29 is 4.79 Å². The Kier molecular flexibility index (Phi) is 4.07. The Balaban J connectivity index is 2.71. The molecule has 15 heavy (non-hydrogen) atoms. The number of ketones is 1. The van der Waals surface area contributed by atoms with Crippen molar-refractivity contribution in [3.8, 4) is 0 Å². The lowest BCUT2D eigenvalue weighted by Crippen LogP contribution is -2.19. The molecule has 0 fully saturated rings. The Hall–Kier alpha value is -1.11. The molecule has 1 aromatic rings. The number of carbonyl (C=O) groups is 1. The molecule has 0 amide bonds. The van der Waals surface area contributed by atoms with Crippen LogP contribution in [0.15, 0.2) is 24.3 Å². The first-order valence-corrected chi connectivity index (χ1v) is 5.59. The summed E-state index contributed by atoms with van der Waals surface area (Å²) in [5, 5.41) is 0. The van der Waals surface area contributed by atoms with E-state index in [-0.39, 0.29) is 5.92 Å². The van der Waals surface area contributed by atoms with Gasteiger partial charge in [0, 0.05) is 12.3 Å². The minimum atomic E-state index is 0.157. The maximum atomic E-state index is 11.9. The smallest absolute Gasteiger partial charge is 0.140 e. The van der Waals surface area contributed by atoms with Crippen LogP contribution in [0.3, 0.4) is 0 Å². The maximum Gasteiger partial charge on any atom is 0.140 e. The summed E-state index contributed by atoms with van der Waals surface area (Å²) in [6.45, 7) is 8.27. The van der Waals surface area contributed by atoms with Gasteiger partial charge in [-0.3, -0.25) is 4.79 Å². The molecule has 1 atom stereocenters. The number of hydrogen-bond donors (Lipinski definition) is 0. The van der Waals surface area contributed by atoms with Gasteiger partial charge in [0.05, 0.1) is 0 Å². The monoisotopic (exact) mass is 204 g/mol. The molecule has 0 saturated carbocycles. The predicted octanol–water partition coefficient (Wildman–Crippen LogP) is 3.40. The first kappa shape index (κ1) is 12.0. The largest absolute Gasteiger partial charge is 0.299 e. The molecule has 1 aromatic carbocycles. The van der Waals surface area contributed by atoms with E-state index in [1.807, 2.05) is 25.1 Å². The summed E-state index contributed by atoms with van der Waals surface area (Å²) < 4.78 is 0. The van der Waals surface area contributed by atoms with Crippen molar-refractivity contribution in [1.29, 1.82) is 0 Å². The van der Waals surface area contributed by atoms with E-state index in [1.54, 1.807) is 0 Å². The van der Waals surface area contributed by atoms with Crippen molar-refractivity contribution in [3.05, 3.63) is 35.4 Å². The fraction of sp³-hybridized carbons (Fsp3) is 0.500. The van der Waals surface area contributed by atoms with Crippen LogP contribution < -0.4 is 0 Å². The van der Waals surface area contributed by atoms with Crippen molar-refractivity contribution in [2.45, 2.75) is 34.1 Å². The number of rotatable bonds is 4. The molecule has 82 valence electrons. The molecule has 1 heteroatoms. The maximum absolute atomic E-state index is 11.9. The van der Waals surface area contributed by atoms with Gasteiger partial charge in [-0.2, -0.15) is 0 Å². The number of aryl methyl sites for hydroxylation is 1. The van der Waals surface area contributed by atoms with Gasteiger partial charge in [0.25, 0.3) is 0 Å². The van der Waals surface area contributed by atoms with Crippen LogP contribution in [-0.4, -0.2) is 5.78 Å². The molecule has 0 aliphatic carbocycles. The average molecular weight is 204 g/mol. The van der Waals surface area contributed by atoms with Gasteiger partial charge < -0.3 is 0 Å². The van der Waals surface area contributed by atoms with Crippen LogP contribution >= 0.6 is 0 Å². The Morgan fingerprint density at radius 3 is 2.33 bits per heavy atom. The summed E-state index contributed by atoms with van der Waals surface area (Å²) in [4.78, 5) is 11.9. The molecule has 1 rings (SSSR count). The van der Waals surface area contributed by atoms with Crippen LogP contribution in [0.4, 0.5) is 0 Å². The highest BCUT2D eigenvalue weighted by Crippen LogP contribution is 2.15. The first-order valence-electron chi connectivity index (χ1n) is 5.59. The average Bonchev–Trinajstić information content (AvgIpc) is 2.20. The molecule has 0 bridgehead atoms. The van der Waals surface area contributed by atoms with Crippen LogP contribution in [0.1, 0.15) is 31.9 Å². The van der Waals surface area contributed by atoms with E-state index in [2.05, 4.69) is 26.8 Å². The quantitative estimate of drug-likeness (QED) is 0.734. The number of Topliss-reactive ketones (excluding diaryl/α,β-unsaturated/α-hetero) is 1. The number of carbonyl (C=O) groups excluding carboxylic acids is 1. The molecule has 0 spiro atoms. The lowest BCUT2D eigenvalue weighted by Gasteiger charge is -2.14. The zero-order valence-corrected chi connectivity index (χ0v) is 10.1. The molecule has 1 nitrogen and oxygen atoms in total. The van der Waals surface area contributed by atoms with E-state index < -0.39 is 0 Å². The van der Waals surface area contributed by atoms with E-state index in [0.717, 1.165) is 5.56 Å². The predicted molar refractivity (Wildman–Crippen MR) is 63.9 cm³/mol. The van der Waals surface area contributed by atoms with Crippen molar-refractivity contribution in [3.63, 3.8) is 0 Å². The third-order valence-corrected chi connectivity index (χ3v) is 3.13. The van der Waals surface area contributed by atoms with E-state index in [4.69, 9.17) is 0 Å². The number of benzene rings is 1. The fourth-order valence-electron chi connectivity index (χ4n) is 1.53. The molecular weight excluding hydrogens is 184 g/mol. The van der Waals surface area contributed by atoms with Crippen molar-refractivity contribution in [2.75, 3.05) is 0 Å². The second kappa shape index (κ2) is 5.11. The standard InChI is InChI=1S/C14H20O/c1-10(2)12(4)14(15)9-13-8-6-5-7-11(13)3/h5-8,10,12H,9H2,1-4H3. The molecule has 0 aromatic heterocycles. The third-order valence-electron chi connectivity index (χ3n) is 3.13. The summed E-state index contributed by atoms with van der Waals surface area (Å²) in [7, 11) is 0. The Labute approximate surface area is 92.5 Å². The van der Waals surface area contributed by atoms with E-state index in [0.29, 0.717) is 18.1 Å². The second-order valence-electron chi connectivity index (χ2n) is 4.60. The summed E-state index contributed by atoms with van der Waals surface area (Å²) in [6, 6.07) is 8.10. The summed E-state index contributed by atoms with van der Waals surface area (Å²) in [6.07, 6.45) is 0.575. The zero-order valence-electron chi connectivity index (χ0n) is 10.1. The first-order chi connectivity index (χ1) is 7.02. The minimum Gasteiger partial charge on any atom is -0.299 e. The minimum absolute atomic E-state index is 0.157. The molecule has 0 aliphatic rings. The van der Waals surface area contributed by atoms with Gasteiger partial charge in [-0.25, -0.2) is 0 Å². The van der Waals surface area contributed by atoms with Gasteiger partial charge in [0.15, 0.2) is 0 Å². The molecular formula is C14H20O. The second-order valence-corrected chi connectivity index (χ2v) is 4.60. The van der Waals surface area contributed by atoms with E-state index in [9.17, 15) is 4.79 Å². The molecule has 0 saturated heterocycles. The molecule has 1 unspecified atom stereocenters. The third kappa shape index (κ3) is 3.19. The summed E-state index contributed by atoms with van der Waals surface area (Å²) in [5.41, 5.74) is 2.37. The molecule has 0 N–H and O–H groups in total. The van der Waals surface area contributed by atoms with Crippen LogP contribution in [0.2, 0.25) is 0 Å². The van der Waals surface area contributed by atoms with Crippen LogP contribution in [-0.2, 0) is 11.2 Å². The topological polar surface area (TPSA) is 17.1 Å². The molecule has 0 heterocycles. The lowest BCUT2D eigenvalue weighted by molar-refractivity contribution is -0.122. The Bertz CT molecular complexity index is 339. The normalized spacial score (nSPS) is 12.9. The summed E-state index contributed by atoms with van der Waals surface area (Å²) in [5.74, 6) is 0.936. The lowest BCUT2D eigenvalue weighted by atomic mass is 9.89. The Morgan fingerprint density at radius 2 is 1.80 bits per heavy atom. The molecule has 0 aliphatic heterocycles. The zero-order chi connectivity index (χ0) is 11.4. The van der Waals surface area contributed by atoms with E-state index in [1.165, 1.54) is 5.56 Å². The van der Waals surface area contributed by atoms with Gasteiger partial charge in [-0.1, -0.05) is 45.0 Å². The number of hydrogen-bond acceptors (Lipinski definition) is 1. The highest BCUT2D eigenvalue weighted by Gasteiger charge is 2.17. The van der Waals surface area contributed by atoms with Gasteiger partial charge in [0.2, 0.25) is 0 Å². The summed E-state index contributed by atoms with van der Waals surface area (Å²) >= 11 is 0. The fourth-order valence-corrected chi connectivity index (χ4v) is 1.53. The highest BCUT2D eigenvalue weighted by atomic mass is 16.1. The van der Waals surface area contributed by atoms with Gasteiger partial charge in [-0.15, -0.1) is 0 Å².